The number of hydrogen-bond acceptors (Lipinski definition) is 3. The van der Waals surface area contributed by atoms with Crippen LogP contribution in [-0.2, 0) is 6.54 Å². The van der Waals surface area contributed by atoms with E-state index >= 15 is 0 Å². The Balaban J connectivity index is 2.18. The highest BCUT2D eigenvalue weighted by molar-refractivity contribution is 5.20. The highest BCUT2D eigenvalue weighted by atomic mass is 16.6. The molecule has 1 saturated carbocycles. The molecule has 5 nitrogen and oxygen atoms in total. The molecule has 0 atom stereocenters. The monoisotopic (exact) mass is 181 g/mol. The summed E-state index contributed by atoms with van der Waals surface area (Å²) in [5.41, 5.74) is 0.874. The van der Waals surface area contributed by atoms with Crippen molar-refractivity contribution < 1.29 is 4.92 Å². The van der Waals surface area contributed by atoms with Crippen molar-refractivity contribution >= 4 is 5.82 Å². The number of aromatic nitrogens is 2. The Morgan fingerprint density at radius 1 is 1.77 bits per heavy atom. The molecular weight excluding hydrogens is 170 g/mol. The maximum absolute atomic E-state index is 10.4. The van der Waals surface area contributed by atoms with Crippen LogP contribution in [0.5, 0.6) is 0 Å². The van der Waals surface area contributed by atoms with E-state index in [1.165, 1.54) is 18.9 Å². The summed E-state index contributed by atoms with van der Waals surface area (Å²) in [5.74, 6) is 0.649. The Morgan fingerprint density at radius 3 is 2.92 bits per heavy atom. The fraction of sp³-hybridized carbons (Fsp3) is 0.625. The van der Waals surface area contributed by atoms with Gasteiger partial charge in [0.2, 0.25) is 0 Å². The Kier molecular flexibility index (Phi) is 1.79. The predicted octanol–water partition coefficient (Wildman–Crippen LogP) is 1.51. The summed E-state index contributed by atoms with van der Waals surface area (Å²) in [4.78, 5) is 9.95. The van der Waals surface area contributed by atoms with Crippen LogP contribution in [0.15, 0.2) is 6.07 Å². The number of nitrogens with zero attached hydrogens (tertiary/aromatic N) is 3. The molecule has 0 bridgehead atoms. The third-order valence-electron chi connectivity index (χ3n) is 2.28. The van der Waals surface area contributed by atoms with Crippen LogP contribution in [0.25, 0.3) is 0 Å². The van der Waals surface area contributed by atoms with Gasteiger partial charge in [0.1, 0.15) is 0 Å². The second-order valence-electron chi connectivity index (χ2n) is 3.53. The van der Waals surface area contributed by atoms with Gasteiger partial charge in [0.25, 0.3) is 0 Å². The first-order valence-corrected chi connectivity index (χ1v) is 4.35. The lowest BCUT2D eigenvalue weighted by Crippen LogP contribution is -2.04. The fourth-order valence-corrected chi connectivity index (χ4v) is 1.31. The van der Waals surface area contributed by atoms with Crippen molar-refractivity contribution in [3.05, 3.63) is 21.9 Å². The van der Waals surface area contributed by atoms with Crippen LogP contribution in [0, 0.1) is 23.0 Å². The van der Waals surface area contributed by atoms with Gasteiger partial charge < -0.3 is 10.1 Å². The van der Waals surface area contributed by atoms with Gasteiger partial charge in [0, 0.05) is 0 Å². The van der Waals surface area contributed by atoms with Crippen molar-refractivity contribution in [1.29, 1.82) is 0 Å². The summed E-state index contributed by atoms with van der Waals surface area (Å²) in [7, 11) is 0. The molecule has 1 aliphatic rings. The molecule has 0 saturated heterocycles. The highest BCUT2D eigenvalue weighted by Gasteiger charge is 2.25. The summed E-state index contributed by atoms with van der Waals surface area (Å²) >= 11 is 0. The van der Waals surface area contributed by atoms with Gasteiger partial charge in [0.05, 0.1) is 23.4 Å². The van der Waals surface area contributed by atoms with Crippen molar-refractivity contribution in [2.75, 3.05) is 0 Å². The first-order chi connectivity index (χ1) is 6.16. The highest BCUT2D eigenvalue weighted by Crippen LogP contribution is 2.31. The van der Waals surface area contributed by atoms with Crippen LogP contribution < -0.4 is 0 Å². The largest absolute Gasteiger partial charge is 0.390 e. The second-order valence-corrected chi connectivity index (χ2v) is 3.53. The van der Waals surface area contributed by atoms with Gasteiger partial charge in [-0.15, -0.1) is 0 Å². The molecule has 0 amide bonds. The van der Waals surface area contributed by atoms with Crippen molar-refractivity contribution in [2.24, 2.45) is 5.92 Å². The first-order valence-electron chi connectivity index (χ1n) is 4.35. The van der Waals surface area contributed by atoms with Crippen LogP contribution >= 0.6 is 0 Å². The van der Waals surface area contributed by atoms with Crippen molar-refractivity contribution in [3.63, 3.8) is 0 Å². The molecule has 5 heteroatoms. The molecule has 13 heavy (non-hydrogen) atoms. The van der Waals surface area contributed by atoms with Gasteiger partial charge in [-0.2, -0.15) is 4.68 Å². The van der Waals surface area contributed by atoms with E-state index in [0.717, 1.165) is 12.2 Å². The Hall–Kier alpha value is -1.39. The van der Waals surface area contributed by atoms with Crippen molar-refractivity contribution in [2.45, 2.75) is 26.3 Å². The third-order valence-corrected chi connectivity index (χ3v) is 2.28. The summed E-state index contributed by atoms with van der Waals surface area (Å²) in [6.45, 7) is 2.68. The molecule has 0 radical (unpaired) electrons. The van der Waals surface area contributed by atoms with Crippen LogP contribution in [0.3, 0.4) is 0 Å². The second kappa shape index (κ2) is 2.83. The van der Waals surface area contributed by atoms with Gasteiger partial charge in [-0.25, -0.2) is 0 Å². The zero-order chi connectivity index (χ0) is 9.42. The number of aryl methyl sites for hydroxylation is 1. The fourth-order valence-electron chi connectivity index (χ4n) is 1.31. The molecule has 0 unspecified atom stereocenters. The van der Waals surface area contributed by atoms with E-state index in [1.807, 2.05) is 6.92 Å². The minimum atomic E-state index is -0.448. The average molecular weight is 181 g/mol. The van der Waals surface area contributed by atoms with Crippen LogP contribution in [0.1, 0.15) is 18.5 Å². The van der Waals surface area contributed by atoms with Gasteiger partial charge in [-0.1, -0.05) is 0 Å². The molecule has 1 aromatic rings. The zero-order valence-corrected chi connectivity index (χ0v) is 7.43. The maximum atomic E-state index is 10.4. The van der Waals surface area contributed by atoms with E-state index in [-0.39, 0.29) is 5.82 Å². The molecule has 0 aromatic carbocycles. The number of hydrogen-bond donors (Lipinski definition) is 0. The van der Waals surface area contributed by atoms with Gasteiger partial charge in [0.15, 0.2) is 0 Å². The predicted molar refractivity (Wildman–Crippen MR) is 46.3 cm³/mol. The summed E-state index contributed by atoms with van der Waals surface area (Å²) < 4.78 is 1.73. The Morgan fingerprint density at radius 2 is 2.46 bits per heavy atom. The third kappa shape index (κ3) is 1.68. The lowest BCUT2D eigenvalue weighted by atomic mass is 10.4. The molecule has 0 N–H and O–H groups in total. The van der Waals surface area contributed by atoms with Gasteiger partial charge >= 0.3 is 5.82 Å². The maximum Gasteiger partial charge on any atom is 0.390 e. The zero-order valence-electron chi connectivity index (χ0n) is 7.43. The molecule has 70 valence electrons. The van der Waals surface area contributed by atoms with Gasteiger partial charge in [-0.05, 0) is 30.6 Å². The lowest BCUT2D eigenvalue weighted by Gasteiger charge is -1.94. The van der Waals surface area contributed by atoms with Crippen LogP contribution in [-0.4, -0.2) is 14.7 Å². The molecule has 1 aromatic heterocycles. The average Bonchev–Trinajstić information content (AvgIpc) is 2.78. The summed E-state index contributed by atoms with van der Waals surface area (Å²) in [6.07, 6.45) is 2.46. The molecule has 1 fully saturated rings. The normalized spacial score (nSPS) is 16.1. The van der Waals surface area contributed by atoms with E-state index in [2.05, 4.69) is 5.10 Å². The smallest absolute Gasteiger partial charge is 0.358 e. The Labute approximate surface area is 75.5 Å². The minimum Gasteiger partial charge on any atom is -0.358 e. The van der Waals surface area contributed by atoms with Crippen LogP contribution in [0.2, 0.25) is 0 Å². The number of rotatable bonds is 3. The van der Waals surface area contributed by atoms with E-state index in [1.54, 1.807) is 4.68 Å². The van der Waals surface area contributed by atoms with E-state index in [0.29, 0.717) is 5.92 Å². The molecule has 1 aliphatic carbocycles. The molecule has 0 aliphatic heterocycles. The standard InChI is InChI=1S/C8H11N3O2/c1-6-4-8(11(12)13)9-10(6)5-7-2-3-7/h4,7H,2-3,5H2,1H3. The van der Waals surface area contributed by atoms with E-state index in [9.17, 15) is 10.1 Å². The Bertz CT molecular complexity index is 341. The molecule has 1 heterocycles. The van der Waals surface area contributed by atoms with Gasteiger partial charge in [-0.3, -0.25) is 0 Å². The van der Waals surface area contributed by atoms with Crippen molar-refractivity contribution in [3.8, 4) is 0 Å². The first kappa shape index (κ1) is 8.22. The molecular formula is C8H11N3O2. The summed E-state index contributed by atoms with van der Waals surface area (Å²) in [6, 6.07) is 1.52. The topological polar surface area (TPSA) is 61.0 Å². The van der Waals surface area contributed by atoms with E-state index in [4.69, 9.17) is 0 Å². The molecule has 2 rings (SSSR count). The quantitative estimate of drug-likeness (QED) is 0.524. The minimum absolute atomic E-state index is 0.0434. The lowest BCUT2D eigenvalue weighted by molar-refractivity contribution is -0.389. The number of nitro groups is 1. The summed E-state index contributed by atoms with van der Waals surface area (Å²) in [5, 5.41) is 14.3. The molecule has 0 spiro atoms. The van der Waals surface area contributed by atoms with E-state index < -0.39 is 4.92 Å². The van der Waals surface area contributed by atoms with Crippen molar-refractivity contribution in [1.82, 2.24) is 9.78 Å². The SMILES string of the molecule is Cc1cc([N+](=O)[O-])nn1CC1CC1. The van der Waals surface area contributed by atoms with Crippen LogP contribution in [0.4, 0.5) is 5.82 Å².